The number of hydrogen-bond donors (Lipinski definition) is 0. The first-order valence-electron chi connectivity index (χ1n) is 9.43. The SMILES string of the molecule is CC(C)Cn1c(CN2CCN(C)[C@@H]3CS(=O)(=O)C[C@@H]32)nc2ccccc21. The summed E-state index contributed by atoms with van der Waals surface area (Å²) in [6.07, 6.45) is 0. The topological polar surface area (TPSA) is 58.4 Å². The molecule has 0 radical (unpaired) electrons. The summed E-state index contributed by atoms with van der Waals surface area (Å²) in [5, 5.41) is 0. The van der Waals surface area contributed by atoms with Crippen LogP contribution in [0.5, 0.6) is 0 Å². The van der Waals surface area contributed by atoms with Crippen LogP contribution < -0.4 is 0 Å². The maximum atomic E-state index is 12.2. The molecule has 3 heterocycles. The molecule has 6 nitrogen and oxygen atoms in total. The van der Waals surface area contributed by atoms with E-state index in [4.69, 9.17) is 4.98 Å². The molecule has 2 saturated heterocycles. The van der Waals surface area contributed by atoms with Gasteiger partial charge in [-0.15, -0.1) is 0 Å². The maximum absolute atomic E-state index is 12.2. The van der Waals surface area contributed by atoms with Gasteiger partial charge in [-0.05, 0) is 25.1 Å². The zero-order valence-corrected chi connectivity index (χ0v) is 16.6. The number of para-hydroxylation sites is 2. The first-order valence-corrected chi connectivity index (χ1v) is 11.2. The Morgan fingerprint density at radius 2 is 1.88 bits per heavy atom. The number of rotatable bonds is 4. The van der Waals surface area contributed by atoms with Crippen molar-refractivity contribution in [3.05, 3.63) is 30.1 Å². The lowest BCUT2D eigenvalue weighted by Crippen LogP contribution is -2.57. The van der Waals surface area contributed by atoms with Crippen molar-refractivity contribution in [3.63, 3.8) is 0 Å². The monoisotopic (exact) mass is 376 g/mol. The molecule has 2 atom stereocenters. The van der Waals surface area contributed by atoms with Crippen molar-refractivity contribution in [2.75, 3.05) is 31.6 Å². The number of fused-ring (bicyclic) bond motifs is 2. The Hall–Kier alpha value is -1.44. The van der Waals surface area contributed by atoms with E-state index in [0.29, 0.717) is 12.5 Å². The smallest absolute Gasteiger partial charge is 0.153 e. The molecule has 0 unspecified atom stereocenters. The molecule has 0 aliphatic carbocycles. The second-order valence-electron chi connectivity index (χ2n) is 8.18. The van der Waals surface area contributed by atoms with E-state index in [9.17, 15) is 8.42 Å². The summed E-state index contributed by atoms with van der Waals surface area (Å²) in [5.74, 6) is 2.13. The molecule has 4 rings (SSSR count). The van der Waals surface area contributed by atoms with E-state index in [0.717, 1.165) is 31.0 Å². The van der Waals surface area contributed by atoms with E-state index in [2.05, 4.69) is 46.4 Å². The maximum Gasteiger partial charge on any atom is 0.153 e. The zero-order valence-electron chi connectivity index (χ0n) is 15.8. The van der Waals surface area contributed by atoms with Crippen LogP contribution in [0.25, 0.3) is 11.0 Å². The normalized spacial score (nSPS) is 26.6. The number of benzene rings is 1. The van der Waals surface area contributed by atoms with E-state index < -0.39 is 9.84 Å². The molecule has 26 heavy (non-hydrogen) atoms. The summed E-state index contributed by atoms with van der Waals surface area (Å²) in [6, 6.07) is 8.44. The number of sulfone groups is 1. The Kier molecular flexibility index (Phi) is 4.57. The Labute approximate surface area is 155 Å². The number of piperazine rings is 1. The molecule has 0 amide bonds. The van der Waals surface area contributed by atoms with Gasteiger partial charge in [-0.3, -0.25) is 9.80 Å². The summed E-state index contributed by atoms with van der Waals surface area (Å²) in [5.41, 5.74) is 2.19. The van der Waals surface area contributed by atoms with Crippen LogP contribution in [-0.2, 0) is 22.9 Å². The molecule has 2 aromatic rings. The van der Waals surface area contributed by atoms with Gasteiger partial charge in [0.2, 0.25) is 0 Å². The average molecular weight is 377 g/mol. The second-order valence-corrected chi connectivity index (χ2v) is 10.3. The quantitative estimate of drug-likeness (QED) is 0.811. The van der Waals surface area contributed by atoms with Gasteiger partial charge in [0, 0.05) is 31.7 Å². The van der Waals surface area contributed by atoms with E-state index in [1.54, 1.807) is 0 Å². The van der Waals surface area contributed by atoms with Gasteiger partial charge in [0.25, 0.3) is 0 Å². The van der Waals surface area contributed by atoms with Crippen LogP contribution in [0.15, 0.2) is 24.3 Å². The van der Waals surface area contributed by atoms with Gasteiger partial charge in [0.15, 0.2) is 9.84 Å². The zero-order chi connectivity index (χ0) is 18.5. The highest BCUT2D eigenvalue weighted by molar-refractivity contribution is 7.91. The summed E-state index contributed by atoms with van der Waals surface area (Å²) >= 11 is 0. The van der Waals surface area contributed by atoms with Crippen LogP contribution in [0.2, 0.25) is 0 Å². The van der Waals surface area contributed by atoms with Crippen LogP contribution in [0.4, 0.5) is 0 Å². The van der Waals surface area contributed by atoms with Gasteiger partial charge < -0.3 is 4.57 Å². The van der Waals surface area contributed by atoms with E-state index in [-0.39, 0.29) is 23.6 Å². The van der Waals surface area contributed by atoms with Gasteiger partial charge >= 0.3 is 0 Å². The molecule has 0 N–H and O–H groups in total. The van der Waals surface area contributed by atoms with Crippen molar-refractivity contribution in [2.45, 2.75) is 39.0 Å². The van der Waals surface area contributed by atoms with Crippen LogP contribution >= 0.6 is 0 Å². The molecule has 7 heteroatoms. The van der Waals surface area contributed by atoms with Crippen molar-refractivity contribution >= 4 is 20.9 Å². The highest BCUT2D eigenvalue weighted by Crippen LogP contribution is 2.28. The minimum absolute atomic E-state index is 0.0751. The van der Waals surface area contributed by atoms with Crippen LogP contribution in [0.3, 0.4) is 0 Å². The lowest BCUT2D eigenvalue weighted by molar-refractivity contribution is 0.0547. The molecule has 0 spiro atoms. The number of nitrogens with zero attached hydrogens (tertiary/aromatic N) is 4. The summed E-state index contributed by atoms with van der Waals surface area (Å²) in [6.45, 7) is 7.86. The van der Waals surface area contributed by atoms with Crippen LogP contribution in [0.1, 0.15) is 19.7 Å². The fourth-order valence-electron chi connectivity index (χ4n) is 4.39. The Morgan fingerprint density at radius 3 is 2.65 bits per heavy atom. The third kappa shape index (κ3) is 3.28. The molecular formula is C19H28N4O2S. The molecule has 0 bridgehead atoms. The minimum atomic E-state index is -2.95. The average Bonchev–Trinajstić information content (AvgIpc) is 3.08. The Bertz CT molecular complexity index is 905. The number of aromatic nitrogens is 2. The molecule has 2 aliphatic heterocycles. The fraction of sp³-hybridized carbons (Fsp3) is 0.632. The molecular weight excluding hydrogens is 348 g/mol. The van der Waals surface area contributed by atoms with Crippen LogP contribution in [0, 0.1) is 5.92 Å². The Balaban J connectivity index is 1.66. The predicted molar refractivity (Wildman–Crippen MR) is 104 cm³/mol. The van der Waals surface area contributed by atoms with Gasteiger partial charge in [0.1, 0.15) is 5.82 Å². The minimum Gasteiger partial charge on any atom is -0.327 e. The molecule has 2 fully saturated rings. The van der Waals surface area contributed by atoms with Gasteiger partial charge in [-0.1, -0.05) is 26.0 Å². The molecule has 142 valence electrons. The number of likely N-dealkylation sites (N-methyl/N-ethyl adjacent to an activating group) is 1. The first kappa shape index (κ1) is 17.9. The first-order chi connectivity index (χ1) is 12.3. The van der Waals surface area contributed by atoms with Crippen molar-refractivity contribution < 1.29 is 8.42 Å². The summed E-state index contributed by atoms with van der Waals surface area (Å²) < 4.78 is 26.8. The largest absolute Gasteiger partial charge is 0.327 e. The summed E-state index contributed by atoms with van der Waals surface area (Å²) in [7, 11) is -0.906. The van der Waals surface area contributed by atoms with Gasteiger partial charge in [-0.2, -0.15) is 0 Å². The highest BCUT2D eigenvalue weighted by Gasteiger charge is 2.45. The lowest BCUT2D eigenvalue weighted by Gasteiger charge is -2.42. The number of hydrogen-bond acceptors (Lipinski definition) is 5. The van der Waals surface area contributed by atoms with Crippen LogP contribution in [-0.4, -0.2) is 71.5 Å². The second kappa shape index (κ2) is 6.62. The van der Waals surface area contributed by atoms with E-state index in [1.165, 1.54) is 5.52 Å². The molecule has 1 aromatic heterocycles. The lowest BCUT2D eigenvalue weighted by atomic mass is 10.1. The predicted octanol–water partition coefficient (Wildman–Crippen LogP) is 1.61. The van der Waals surface area contributed by atoms with Crippen molar-refractivity contribution in [1.82, 2.24) is 19.4 Å². The summed E-state index contributed by atoms with van der Waals surface area (Å²) in [4.78, 5) is 9.44. The molecule has 2 aliphatic rings. The van der Waals surface area contributed by atoms with E-state index in [1.807, 2.05) is 13.1 Å². The van der Waals surface area contributed by atoms with E-state index >= 15 is 0 Å². The molecule has 0 saturated carbocycles. The fourth-order valence-corrected chi connectivity index (χ4v) is 6.48. The third-order valence-electron chi connectivity index (χ3n) is 5.69. The van der Waals surface area contributed by atoms with Crippen molar-refractivity contribution in [1.29, 1.82) is 0 Å². The Morgan fingerprint density at radius 1 is 1.15 bits per heavy atom. The van der Waals surface area contributed by atoms with Crippen molar-refractivity contribution in [2.24, 2.45) is 5.92 Å². The third-order valence-corrected chi connectivity index (χ3v) is 7.39. The highest BCUT2D eigenvalue weighted by atomic mass is 32.2. The van der Waals surface area contributed by atoms with Gasteiger partial charge in [-0.25, -0.2) is 13.4 Å². The molecule has 1 aromatic carbocycles. The van der Waals surface area contributed by atoms with Crippen molar-refractivity contribution in [3.8, 4) is 0 Å². The number of imidazole rings is 1. The van der Waals surface area contributed by atoms with Gasteiger partial charge in [0.05, 0.1) is 29.1 Å². The standard InChI is InChI=1S/C19H28N4O2S/c1-14(2)10-23-16-7-5-4-6-15(16)20-19(23)11-22-9-8-21(3)17-12-26(24,25)13-18(17)22/h4-7,14,17-18H,8-13H2,1-3H3/t17-,18+/m1/s1.